The molecule has 0 saturated heterocycles. The number of rotatable bonds is 6. The van der Waals surface area contributed by atoms with Gasteiger partial charge in [-0.15, -0.1) is 0 Å². The Balaban J connectivity index is 1.68. The Kier molecular flexibility index (Phi) is 6.01. The quantitative estimate of drug-likeness (QED) is 0.456. The highest BCUT2D eigenvalue weighted by Gasteiger charge is 2.15. The van der Waals surface area contributed by atoms with Gasteiger partial charge in [0.15, 0.2) is 0 Å². The Morgan fingerprint density at radius 1 is 1.19 bits per heavy atom. The van der Waals surface area contributed by atoms with Gasteiger partial charge in [-0.2, -0.15) is 0 Å². The van der Waals surface area contributed by atoms with Gasteiger partial charge in [-0.25, -0.2) is 0 Å². The Morgan fingerprint density at radius 2 is 1.96 bits per heavy atom. The fraction of sp³-hybridized carbons (Fsp3) is 0.318. The minimum Gasteiger partial charge on any atom is -0.346 e. The number of amides is 1. The minimum absolute atomic E-state index is 0.0121. The predicted octanol–water partition coefficient (Wildman–Crippen LogP) is 4.75. The number of carbonyl (C=O) groups excluding carboxylic acids is 1. The lowest BCUT2D eigenvalue weighted by Gasteiger charge is -2.21. The number of carbonyl (C=O) groups is 1. The zero-order valence-corrected chi connectivity index (χ0v) is 15.5. The Labute approximate surface area is 159 Å². The van der Waals surface area contributed by atoms with Crippen LogP contribution < -0.4 is 5.32 Å². The van der Waals surface area contributed by atoms with Crippen molar-refractivity contribution in [2.24, 2.45) is 0 Å². The topological polar surface area (TPSA) is 72.2 Å². The third-order valence-electron chi connectivity index (χ3n) is 5.01. The summed E-state index contributed by atoms with van der Waals surface area (Å²) in [6.07, 6.45) is 8.57. The number of hydrogen-bond acceptors (Lipinski definition) is 3. The molecule has 1 amide bonds. The van der Waals surface area contributed by atoms with Crippen molar-refractivity contribution in [3.63, 3.8) is 0 Å². The third-order valence-corrected chi connectivity index (χ3v) is 5.01. The number of non-ortho nitro benzene ring substituents is 1. The standard InChI is InChI=1S/C22H24N2O3/c1-2-21(19-12-11-17-7-3-4-8-18(17)15-19)23-22(25)13-10-16-6-5-9-20(14-16)24(26)27/h5-6,9-15,21H,2-4,7-8H2,1H3,(H,23,25)/b13-10+. The second-order valence-electron chi connectivity index (χ2n) is 6.89. The average molecular weight is 364 g/mol. The number of nitro benzene ring substituents is 1. The van der Waals surface area contributed by atoms with Gasteiger partial charge < -0.3 is 5.32 Å². The molecule has 0 saturated carbocycles. The number of nitro groups is 1. The molecule has 0 aromatic heterocycles. The van der Waals surface area contributed by atoms with E-state index in [1.807, 2.05) is 0 Å². The summed E-state index contributed by atoms with van der Waals surface area (Å²) in [5.74, 6) is -0.203. The van der Waals surface area contributed by atoms with Crippen LogP contribution >= 0.6 is 0 Å². The lowest BCUT2D eigenvalue weighted by molar-refractivity contribution is -0.384. The summed E-state index contributed by atoms with van der Waals surface area (Å²) < 4.78 is 0. The SMILES string of the molecule is CCC(NC(=O)/C=C/c1cccc([N+](=O)[O-])c1)c1ccc2c(c1)CCCC2. The lowest BCUT2D eigenvalue weighted by Crippen LogP contribution is -2.26. The molecule has 5 heteroatoms. The first-order valence-electron chi connectivity index (χ1n) is 9.41. The van der Waals surface area contributed by atoms with E-state index in [0.717, 1.165) is 24.8 Å². The molecule has 1 N–H and O–H groups in total. The van der Waals surface area contributed by atoms with Crippen LogP contribution in [0.15, 0.2) is 48.5 Å². The minimum atomic E-state index is -0.444. The summed E-state index contributed by atoms with van der Waals surface area (Å²) in [4.78, 5) is 22.7. The van der Waals surface area contributed by atoms with Crippen LogP contribution in [0.3, 0.4) is 0 Å². The third kappa shape index (κ3) is 4.82. The van der Waals surface area contributed by atoms with Crippen LogP contribution in [-0.4, -0.2) is 10.8 Å². The molecular formula is C22H24N2O3. The molecule has 0 bridgehead atoms. The van der Waals surface area contributed by atoms with Crippen LogP contribution in [0.2, 0.25) is 0 Å². The molecule has 0 radical (unpaired) electrons. The molecule has 1 unspecified atom stereocenters. The van der Waals surface area contributed by atoms with Crippen molar-refractivity contribution in [1.29, 1.82) is 0 Å². The molecule has 5 nitrogen and oxygen atoms in total. The molecule has 2 aromatic carbocycles. The van der Waals surface area contributed by atoms with Gasteiger partial charge in [-0.3, -0.25) is 14.9 Å². The van der Waals surface area contributed by atoms with Crippen molar-refractivity contribution < 1.29 is 9.72 Å². The normalized spacial score (nSPS) is 14.6. The first-order chi connectivity index (χ1) is 13.1. The summed E-state index contributed by atoms with van der Waals surface area (Å²) in [5.41, 5.74) is 4.60. The van der Waals surface area contributed by atoms with Crippen LogP contribution in [0.5, 0.6) is 0 Å². The highest BCUT2D eigenvalue weighted by atomic mass is 16.6. The first kappa shape index (κ1) is 18.8. The van der Waals surface area contributed by atoms with Crippen LogP contribution in [-0.2, 0) is 17.6 Å². The molecule has 1 aliphatic carbocycles. The number of benzene rings is 2. The van der Waals surface area contributed by atoms with Crippen molar-refractivity contribution >= 4 is 17.7 Å². The highest BCUT2D eigenvalue weighted by Crippen LogP contribution is 2.26. The Hall–Kier alpha value is -2.95. The molecule has 1 atom stereocenters. The molecule has 3 rings (SSSR count). The van der Waals surface area contributed by atoms with Crippen LogP contribution in [0, 0.1) is 10.1 Å². The second-order valence-corrected chi connectivity index (χ2v) is 6.89. The summed E-state index contributed by atoms with van der Waals surface area (Å²) in [5, 5.41) is 13.9. The molecule has 0 heterocycles. The van der Waals surface area contributed by atoms with Crippen LogP contribution in [0.1, 0.15) is 54.5 Å². The first-order valence-corrected chi connectivity index (χ1v) is 9.41. The summed E-state index contributed by atoms with van der Waals surface area (Å²) in [6, 6.07) is 12.7. The summed E-state index contributed by atoms with van der Waals surface area (Å²) in [6.45, 7) is 2.05. The van der Waals surface area contributed by atoms with E-state index in [-0.39, 0.29) is 17.6 Å². The van der Waals surface area contributed by atoms with E-state index in [2.05, 4.69) is 30.4 Å². The molecule has 1 aliphatic rings. The van der Waals surface area contributed by atoms with Crippen LogP contribution in [0.4, 0.5) is 5.69 Å². The van der Waals surface area contributed by atoms with Crippen molar-refractivity contribution in [1.82, 2.24) is 5.32 Å². The van der Waals surface area contributed by atoms with Gasteiger partial charge in [0.05, 0.1) is 11.0 Å². The second kappa shape index (κ2) is 8.62. The van der Waals surface area contributed by atoms with Gasteiger partial charge >= 0.3 is 0 Å². The van der Waals surface area contributed by atoms with E-state index in [1.54, 1.807) is 18.2 Å². The zero-order valence-electron chi connectivity index (χ0n) is 15.5. The number of aryl methyl sites for hydroxylation is 2. The lowest BCUT2D eigenvalue weighted by atomic mass is 9.89. The van der Waals surface area contributed by atoms with Gasteiger partial charge in [0.25, 0.3) is 5.69 Å². The number of nitrogens with zero attached hydrogens (tertiary/aromatic N) is 1. The van der Waals surface area contributed by atoms with Crippen LogP contribution in [0.25, 0.3) is 6.08 Å². The molecular weight excluding hydrogens is 340 g/mol. The highest BCUT2D eigenvalue weighted by molar-refractivity contribution is 5.92. The van der Waals surface area contributed by atoms with E-state index in [9.17, 15) is 14.9 Å². The van der Waals surface area contributed by atoms with E-state index in [0.29, 0.717) is 5.56 Å². The van der Waals surface area contributed by atoms with Gasteiger partial charge in [0.2, 0.25) is 5.91 Å². The fourth-order valence-corrected chi connectivity index (χ4v) is 3.52. The Bertz CT molecular complexity index is 874. The van der Waals surface area contributed by atoms with Crippen molar-refractivity contribution in [2.75, 3.05) is 0 Å². The van der Waals surface area contributed by atoms with Gasteiger partial charge in [0, 0.05) is 18.2 Å². The molecule has 27 heavy (non-hydrogen) atoms. The molecule has 2 aromatic rings. The van der Waals surface area contributed by atoms with Gasteiger partial charge in [-0.1, -0.05) is 37.3 Å². The maximum atomic E-state index is 12.3. The average Bonchev–Trinajstić information content (AvgIpc) is 2.70. The van der Waals surface area contributed by atoms with Crippen molar-refractivity contribution in [3.8, 4) is 0 Å². The number of hydrogen-bond donors (Lipinski definition) is 1. The maximum Gasteiger partial charge on any atom is 0.270 e. The zero-order chi connectivity index (χ0) is 19.2. The van der Waals surface area contributed by atoms with Crippen molar-refractivity contribution in [3.05, 3.63) is 80.9 Å². The predicted molar refractivity (Wildman–Crippen MR) is 106 cm³/mol. The molecule has 140 valence electrons. The monoisotopic (exact) mass is 364 g/mol. The summed E-state index contributed by atoms with van der Waals surface area (Å²) in [7, 11) is 0. The van der Waals surface area contributed by atoms with Crippen molar-refractivity contribution in [2.45, 2.75) is 45.1 Å². The van der Waals surface area contributed by atoms with E-state index in [4.69, 9.17) is 0 Å². The smallest absolute Gasteiger partial charge is 0.270 e. The maximum absolute atomic E-state index is 12.3. The number of nitrogens with one attached hydrogen (secondary N) is 1. The van der Waals surface area contributed by atoms with E-state index < -0.39 is 4.92 Å². The van der Waals surface area contributed by atoms with E-state index >= 15 is 0 Å². The Morgan fingerprint density at radius 3 is 2.70 bits per heavy atom. The molecule has 0 aliphatic heterocycles. The van der Waals surface area contributed by atoms with E-state index in [1.165, 1.54) is 42.2 Å². The fourth-order valence-electron chi connectivity index (χ4n) is 3.52. The van der Waals surface area contributed by atoms with Gasteiger partial charge in [0.1, 0.15) is 0 Å². The molecule has 0 spiro atoms. The number of fused-ring (bicyclic) bond motifs is 1. The largest absolute Gasteiger partial charge is 0.346 e. The summed E-state index contributed by atoms with van der Waals surface area (Å²) >= 11 is 0. The molecule has 0 fully saturated rings. The van der Waals surface area contributed by atoms with Gasteiger partial charge in [-0.05, 0) is 60.4 Å².